The molecule has 0 aliphatic heterocycles. The molecule has 0 radical (unpaired) electrons. The molecule has 0 amide bonds. The van der Waals surface area contributed by atoms with Crippen LogP contribution in [0, 0.1) is 0 Å². The molecular weight excluding hydrogens is 260 g/mol. The molecule has 1 aromatic heterocycles. The van der Waals surface area contributed by atoms with Crippen LogP contribution < -0.4 is 10.1 Å². The summed E-state index contributed by atoms with van der Waals surface area (Å²) in [5.74, 6) is 0.634. The highest BCUT2D eigenvalue weighted by molar-refractivity contribution is 6.30. The summed E-state index contributed by atoms with van der Waals surface area (Å²) in [5.41, 5.74) is 2.22. The predicted octanol–water partition coefficient (Wildman–Crippen LogP) is 3.59. The number of halogens is 1. The molecule has 0 saturated heterocycles. The molecule has 4 heteroatoms. The van der Waals surface area contributed by atoms with Crippen LogP contribution in [0.3, 0.4) is 0 Å². The first-order valence-corrected chi connectivity index (χ1v) is 6.57. The highest BCUT2D eigenvalue weighted by atomic mass is 35.5. The molecule has 2 rings (SSSR count). The SMILES string of the molecule is CNC(C)c1ccnc(OCc2ccc(Cl)cc2)c1. The third kappa shape index (κ3) is 3.94. The minimum Gasteiger partial charge on any atom is -0.473 e. The van der Waals surface area contributed by atoms with E-state index in [2.05, 4.69) is 17.2 Å². The highest BCUT2D eigenvalue weighted by Gasteiger charge is 2.04. The summed E-state index contributed by atoms with van der Waals surface area (Å²) >= 11 is 5.84. The highest BCUT2D eigenvalue weighted by Crippen LogP contribution is 2.17. The van der Waals surface area contributed by atoms with Gasteiger partial charge in [-0.05, 0) is 43.3 Å². The van der Waals surface area contributed by atoms with Crippen LogP contribution in [0.2, 0.25) is 5.02 Å². The summed E-state index contributed by atoms with van der Waals surface area (Å²) in [6, 6.07) is 11.8. The van der Waals surface area contributed by atoms with Crippen LogP contribution in [0.25, 0.3) is 0 Å². The quantitative estimate of drug-likeness (QED) is 0.906. The topological polar surface area (TPSA) is 34.2 Å². The van der Waals surface area contributed by atoms with E-state index in [1.54, 1.807) is 6.20 Å². The minimum atomic E-state index is 0.279. The largest absolute Gasteiger partial charge is 0.473 e. The standard InChI is InChI=1S/C15H17ClN2O/c1-11(17-2)13-7-8-18-15(9-13)19-10-12-3-5-14(16)6-4-12/h3-9,11,17H,10H2,1-2H3. The molecule has 0 bridgehead atoms. The summed E-state index contributed by atoms with van der Waals surface area (Å²) in [4.78, 5) is 4.21. The molecular formula is C15H17ClN2O. The Bertz CT molecular complexity index is 528. The Labute approximate surface area is 118 Å². The van der Waals surface area contributed by atoms with E-state index in [1.807, 2.05) is 43.4 Å². The van der Waals surface area contributed by atoms with Gasteiger partial charge in [0, 0.05) is 23.3 Å². The first kappa shape index (κ1) is 13.8. The maximum Gasteiger partial charge on any atom is 0.213 e. The molecule has 100 valence electrons. The molecule has 19 heavy (non-hydrogen) atoms. The van der Waals surface area contributed by atoms with Crippen molar-refractivity contribution in [1.82, 2.24) is 10.3 Å². The fourth-order valence-electron chi connectivity index (χ4n) is 1.68. The summed E-state index contributed by atoms with van der Waals surface area (Å²) in [6.45, 7) is 2.58. The van der Waals surface area contributed by atoms with Gasteiger partial charge in [0.2, 0.25) is 5.88 Å². The monoisotopic (exact) mass is 276 g/mol. The lowest BCUT2D eigenvalue weighted by atomic mass is 10.1. The maximum absolute atomic E-state index is 5.84. The van der Waals surface area contributed by atoms with Gasteiger partial charge in [-0.3, -0.25) is 0 Å². The number of ether oxygens (including phenoxy) is 1. The molecule has 0 spiro atoms. The number of hydrogen-bond donors (Lipinski definition) is 1. The van der Waals surface area contributed by atoms with Crippen LogP contribution in [0.5, 0.6) is 5.88 Å². The second kappa shape index (κ2) is 6.55. The lowest BCUT2D eigenvalue weighted by Gasteiger charge is -2.12. The summed E-state index contributed by atoms with van der Waals surface area (Å²) in [6.07, 6.45) is 1.76. The van der Waals surface area contributed by atoms with Crippen molar-refractivity contribution in [3.8, 4) is 5.88 Å². The van der Waals surface area contributed by atoms with Gasteiger partial charge in [0.25, 0.3) is 0 Å². The van der Waals surface area contributed by atoms with E-state index in [4.69, 9.17) is 16.3 Å². The van der Waals surface area contributed by atoms with E-state index in [0.717, 1.165) is 16.1 Å². The number of pyridine rings is 1. The van der Waals surface area contributed by atoms with Crippen LogP contribution >= 0.6 is 11.6 Å². The Morgan fingerprint density at radius 3 is 2.68 bits per heavy atom. The Hall–Kier alpha value is -1.58. The van der Waals surface area contributed by atoms with Crippen molar-refractivity contribution < 1.29 is 4.74 Å². The molecule has 1 aromatic carbocycles. The second-order valence-corrected chi connectivity index (χ2v) is 4.79. The van der Waals surface area contributed by atoms with Gasteiger partial charge in [-0.15, -0.1) is 0 Å². The van der Waals surface area contributed by atoms with Crippen LogP contribution in [0.4, 0.5) is 0 Å². The molecule has 0 aliphatic rings. The first-order valence-electron chi connectivity index (χ1n) is 6.19. The van der Waals surface area contributed by atoms with E-state index >= 15 is 0 Å². The van der Waals surface area contributed by atoms with Crippen molar-refractivity contribution in [2.24, 2.45) is 0 Å². The summed E-state index contributed by atoms with van der Waals surface area (Å²) in [5, 5.41) is 3.92. The molecule has 1 unspecified atom stereocenters. The smallest absolute Gasteiger partial charge is 0.213 e. The van der Waals surface area contributed by atoms with Gasteiger partial charge in [0.15, 0.2) is 0 Å². The van der Waals surface area contributed by atoms with E-state index in [-0.39, 0.29) is 6.04 Å². The third-order valence-electron chi connectivity index (χ3n) is 2.99. The Kier molecular flexibility index (Phi) is 4.77. The molecule has 0 fully saturated rings. The van der Waals surface area contributed by atoms with E-state index in [9.17, 15) is 0 Å². The lowest BCUT2D eigenvalue weighted by Crippen LogP contribution is -2.12. The van der Waals surface area contributed by atoms with Gasteiger partial charge in [-0.1, -0.05) is 23.7 Å². The van der Waals surface area contributed by atoms with Gasteiger partial charge in [0.1, 0.15) is 6.61 Å². The van der Waals surface area contributed by atoms with E-state index in [0.29, 0.717) is 12.5 Å². The number of rotatable bonds is 5. The van der Waals surface area contributed by atoms with E-state index in [1.165, 1.54) is 0 Å². The molecule has 1 N–H and O–H groups in total. The zero-order valence-electron chi connectivity index (χ0n) is 11.1. The van der Waals surface area contributed by atoms with E-state index < -0.39 is 0 Å². The van der Waals surface area contributed by atoms with Crippen LogP contribution in [-0.2, 0) is 6.61 Å². The van der Waals surface area contributed by atoms with Crippen molar-refractivity contribution in [3.05, 3.63) is 58.7 Å². The van der Waals surface area contributed by atoms with Crippen LogP contribution in [0.15, 0.2) is 42.6 Å². The molecule has 0 saturated carbocycles. The van der Waals surface area contributed by atoms with Crippen molar-refractivity contribution in [1.29, 1.82) is 0 Å². The van der Waals surface area contributed by atoms with Crippen molar-refractivity contribution in [2.45, 2.75) is 19.6 Å². The van der Waals surface area contributed by atoms with Crippen molar-refractivity contribution in [2.75, 3.05) is 7.05 Å². The molecule has 3 nitrogen and oxygen atoms in total. The van der Waals surface area contributed by atoms with Gasteiger partial charge in [0.05, 0.1) is 0 Å². The molecule has 1 atom stereocenters. The lowest BCUT2D eigenvalue weighted by molar-refractivity contribution is 0.293. The zero-order chi connectivity index (χ0) is 13.7. The van der Waals surface area contributed by atoms with Crippen LogP contribution in [-0.4, -0.2) is 12.0 Å². The average Bonchev–Trinajstić information content (AvgIpc) is 2.46. The van der Waals surface area contributed by atoms with Gasteiger partial charge in [-0.25, -0.2) is 4.98 Å². The third-order valence-corrected chi connectivity index (χ3v) is 3.24. The summed E-state index contributed by atoms with van der Waals surface area (Å²) in [7, 11) is 1.93. The number of benzene rings is 1. The fraction of sp³-hybridized carbons (Fsp3) is 0.267. The Balaban J connectivity index is 2.01. The Morgan fingerprint density at radius 1 is 1.26 bits per heavy atom. The molecule has 2 aromatic rings. The number of nitrogens with one attached hydrogen (secondary N) is 1. The molecule has 1 heterocycles. The normalized spacial score (nSPS) is 12.2. The Morgan fingerprint density at radius 2 is 2.00 bits per heavy atom. The van der Waals surface area contributed by atoms with Crippen molar-refractivity contribution >= 4 is 11.6 Å². The second-order valence-electron chi connectivity index (χ2n) is 4.35. The van der Waals surface area contributed by atoms with Gasteiger partial charge < -0.3 is 10.1 Å². The predicted molar refractivity (Wildman–Crippen MR) is 77.5 cm³/mol. The molecule has 0 aliphatic carbocycles. The zero-order valence-corrected chi connectivity index (χ0v) is 11.8. The number of aromatic nitrogens is 1. The van der Waals surface area contributed by atoms with Crippen molar-refractivity contribution in [3.63, 3.8) is 0 Å². The minimum absolute atomic E-state index is 0.279. The van der Waals surface area contributed by atoms with Gasteiger partial charge >= 0.3 is 0 Å². The number of hydrogen-bond acceptors (Lipinski definition) is 3. The number of nitrogens with zero attached hydrogens (tertiary/aromatic N) is 1. The maximum atomic E-state index is 5.84. The van der Waals surface area contributed by atoms with Crippen LogP contribution in [0.1, 0.15) is 24.1 Å². The summed E-state index contributed by atoms with van der Waals surface area (Å²) < 4.78 is 5.69. The first-order chi connectivity index (χ1) is 9.19. The van der Waals surface area contributed by atoms with Gasteiger partial charge in [-0.2, -0.15) is 0 Å². The fourth-order valence-corrected chi connectivity index (χ4v) is 1.80. The average molecular weight is 277 g/mol.